The molecule has 1 aromatic heterocycles. The van der Waals surface area contributed by atoms with E-state index in [4.69, 9.17) is 11.1 Å². The highest BCUT2D eigenvalue weighted by molar-refractivity contribution is 5.30. The van der Waals surface area contributed by atoms with E-state index in [0.29, 0.717) is 5.56 Å². The van der Waals surface area contributed by atoms with Gasteiger partial charge in [-0.3, -0.25) is 10.8 Å². The summed E-state index contributed by atoms with van der Waals surface area (Å²) in [7, 11) is 0. The van der Waals surface area contributed by atoms with Crippen LogP contribution in [0.5, 0.6) is 0 Å². The fraction of sp³-hybridized carbons (Fsp3) is 0.500. The molecule has 2 heterocycles. The lowest BCUT2D eigenvalue weighted by Crippen LogP contribution is -2.35. The van der Waals surface area contributed by atoms with Gasteiger partial charge in [0.05, 0.1) is 11.6 Å². The predicted octanol–water partition coefficient (Wildman–Crippen LogP) is 1.74. The fourth-order valence-corrected chi connectivity index (χ4v) is 2.19. The molecule has 0 aromatic carbocycles. The Morgan fingerprint density at radius 2 is 2.25 bits per heavy atom. The lowest BCUT2D eigenvalue weighted by molar-refractivity contribution is 0.206. The van der Waals surface area contributed by atoms with Crippen LogP contribution >= 0.6 is 0 Å². The highest BCUT2D eigenvalue weighted by Gasteiger charge is 2.20. The van der Waals surface area contributed by atoms with Gasteiger partial charge >= 0.3 is 0 Å². The summed E-state index contributed by atoms with van der Waals surface area (Å²) < 4.78 is 0. The van der Waals surface area contributed by atoms with Crippen LogP contribution in [-0.4, -0.2) is 16.5 Å². The maximum absolute atomic E-state index is 8.85. The van der Waals surface area contributed by atoms with E-state index in [-0.39, 0.29) is 6.04 Å². The molecular formula is C12H16N4. The van der Waals surface area contributed by atoms with Gasteiger partial charge in [0.1, 0.15) is 6.07 Å². The number of hydrazine groups is 1. The topological polar surface area (TPSA) is 65.9 Å². The van der Waals surface area contributed by atoms with E-state index in [1.807, 2.05) is 17.3 Å². The Labute approximate surface area is 95.7 Å². The van der Waals surface area contributed by atoms with Crippen LogP contribution in [0.1, 0.15) is 42.9 Å². The second kappa shape index (κ2) is 5.06. The molecule has 0 radical (unpaired) electrons. The summed E-state index contributed by atoms with van der Waals surface area (Å²) in [6, 6.07) is 4.22. The number of aromatic nitrogens is 1. The molecule has 0 saturated carbocycles. The van der Waals surface area contributed by atoms with Gasteiger partial charge in [0.25, 0.3) is 0 Å². The number of nitrogens with zero attached hydrogens (tertiary/aromatic N) is 3. The van der Waals surface area contributed by atoms with Crippen molar-refractivity contribution in [3.63, 3.8) is 0 Å². The first-order valence-corrected chi connectivity index (χ1v) is 5.67. The zero-order valence-electron chi connectivity index (χ0n) is 9.26. The van der Waals surface area contributed by atoms with Crippen molar-refractivity contribution in [2.24, 2.45) is 5.84 Å². The number of rotatable bonds is 1. The number of hydrogen-bond donors (Lipinski definition) is 1. The van der Waals surface area contributed by atoms with Gasteiger partial charge in [0.2, 0.25) is 0 Å². The Balaban J connectivity index is 2.24. The number of hydrogen-bond acceptors (Lipinski definition) is 4. The molecule has 1 saturated heterocycles. The first kappa shape index (κ1) is 11.1. The van der Waals surface area contributed by atoms with E-state index < -0.39 is 0 Å². The molecule has 0 bridgehead atoms. The van der Waals surface area contributed by atoms with Crippen molar-refractivity contribution >= 4 is 0 Å². The Morgan fingerprint density at radius 1 is 1.38 bits per heavy atom. The van der Waals surface area contributed by atoms with E-state index >= 15 is 0 Å². The highest BCUT2D eigenvalue weighted by Crippen LogP contribution is 2.27. The van der Waals surface area contributed by atoms with Gasteiger partial charge in [-0.15, -0.1) is 0 Å². The van der Waals surface area contributed by atoms with Crippen LogP contribution in [0.2, 0.25) is 0 Å². The monoisotopic (exact) mass is 216 g/mol. The Morgan fingerprint density at radius 3 is 3.06 bits per heavy atom. The van der Waals surface area contributed by atoms with Gasteiger partial charge in [-0.2, -0.15) is 5.26 Å². The molecule has 0 spiro atoms. The number of nitrogens with two attached hydrogens (primary N) is 1. The maximum atomic E-state index is 8.85. The van der Waals surface area contributed by atoms with Gasteiger partial charge < -0.3 is 0 Å². The molecule has 0 amide bonds. The summed E-state index contributed by atoms with van der Waals surface area (Å²) in [4.78, 5) is 4.09. The van der Waals surface area contributed by atoms with Gasteiger partial charge in [-0.25, -0.2) is 5.01 Å². The Hall–Kier alpha value is -1.44. The average molecular weight is 216 g/mol. The molecule has 0 unspecified atom stereocenters. The fourth-order valence-electron chi connectivity index (χ4n) is 2.19. The molecule has 4 nitrogen and oxygen atoms in total. The zero-order chi connectivity index (χ0) is 11.4. The standard InChI is InChI=1S/C12H16N4/c13-7-10-6-11(9-15-8-10)12-4-2-1-3-5-16(12)14/h6,8-9,12H,1-5,14H2/t12-/m0/s1. The minimum atomic E-state index is 0.211. The van der Waals surface area contributed by atoms with Crippen LogP contribution in [0.25, 0.3) is 0 Å². The molecule has 2 N–H and O–H groups in total. The van der Waals surface area contributed by atoms with Gasteiger partial charge in [-0.05, 0) is 24.5 Å². The van der Waals surface area contributed by atoms with Gasteiger partial charge in [0, 0.05) is 18.9 Å². The normalized spacial score (nSPS) is 22.4. The van der Waals surface area contributed by atoms with Crippen LogP contribution in [0.15, 0.2) is 18.5 Å². The lowest BCUT2D eigenvalue weighted by Gasteiger charge is -2.25. The van der Waals surface area contributed by atoms with Crippen molar-refractivity contribution in [1.82, 2.24) is 9.99 Å². The summed E-state index contributed by atoms with van der Waals surface area (Å²) in [5, 5.41) is 10.7. The second-order valence-electron chi connectivity index (χ2n) is 4.22. The maximum Gasteiger partial charge on any atom is 0.101 e. The van der Waals surface area contributed by atoms with Crippen LogP contribution in [0.3, 0.4) is 0 Å². The predicted molar refractivity (Wildman–Crippen MR) is 61.1 cm³/mol. The molecule has 16 heavy (non-hydrogen) atoms. The smallest absolute Gasteiger partial charge is 0.101 e. The third-order valence-corrected chi connectivity index (χ3v) is 3.07. The molecule has 0 aliphatic carbocycles. The van der Waals surface area contributed by atoms with Crippen LogP contribution in [0, 0.1) is 11.3 Å². The third-order valence-electron chi connectivity index (χ3n) is 3.07. The summed E-state index contributed by atoms with van der Waals surface area (Å²) in [6.45, 7) is 0.918. The molecular weight excluding hydrogens is 200 g/mol. The van der Waals surface area contributed by atoms with E-state index in [1.165, 1.54) is 12.8 Å². The van der Waals surface area contributed by atoms with E-state index in [0.717, 1.165) is 24.9 Å². The van der Waals surface area contributed by atoms with Crippen LogP contribution in [-0.2, 0) is 0 Å². The quantitative estimate of drug-likeness (QED) is 0.726. The summed E-state index contributed by atoms with van der Waals surface area (Å²) in [6.07, 6.45) is 8.02. The van der Waals surface area contributed by atoms with E-state index in [9.17, 15) is 0 Å². The largest absolute Gasteiger partial charge is 0.268 e. The Kier molecular flexibility index (Phi) is 3.50. The van der Waals surface area contributed by atoms with Gasteiger partial charge in [-0.1, -0.05) is 12.8 Å². The van der Waals surface area contributed by atoms with Crippen molar-refractivity contribution in [3.05, 3.63) is 29.6 Å². The van der Waals surface area contributed by atoms with Crippen molar-refractivity contribution in [3.8, 4) is 6.07 Å². The first-order valence-electron chi connectivity index (χ1n) is 5.67. The van der Waals surface area contributed by atoms with Crippen molar-refractivity contribution in [1.29, 1.82) is 5.26 Å². The van der Waals surface area contributed by atoms with E-state index in [1.54, 1.807) is 6.20 Å². The van der Waals surface area contributed by atoms with Crippen molar-refractivity contribution in [2.45, 2.75) is 31.7 Å². The van der Waals surface area contributed by atoms with Gasteiger partial charge in [0.15, 0.2) is 0 Å². The highest BCUT2D eigenvalue weighted by atomic mass is 15.4. The minimum absolute atomic E-state index is 0.211. The zero-order valence-corrected chi connectivity index (χ0v) is 9.26. The van der Waals surface area contributed by atoms with Crippen molar-refractivity contribution in [2.75, 3.05) is 6.54 Å². The molecule has 84 valence electrons. The molecule has 1 atom stereocenters. The number of pyridine rings is 1. The van der Waals surface area contributed by atoms with Crippen molar-refractivity contribution < 1.29 is 0 Å². The Bertz CT molecular complexity index is 396. The molecule has 1 aliphatic rings. The minimum Gasteiger partial charge on any atom is -0.268 e. The summed E-state index contributed by atoms with van der Waals surface area (Å²) in [5.41, 5.74) is 1.67. The summed E-state index contributed by atoms with van der Waals surface area (Å²) >= 11 is 0. The first-order chi connectivity index (χ1) is 7.81. The van der Waals surface area contributed by atoms with E-state index in [2.05, 4.69) is 11.1 Å². The molecule has 1 aromatic rings. The second-order valence-corrected chi connectivity index (χ2v) is 4.22. The molecule has 4 heteroatoms. The SMILES string of the molecule is N#Cc1cncc([C@@H]2CCCCCN2N)c1. The summed E-state index contributed by atoms with van der Waals surface area (Å²) in [5.74, 6) is 6.03. The van der Waals surface area contributed by atoms with Crippen LogP contribution in [0.4, 0.5) is 0 Å². The molecule has 1 aliphatic heterocycles. The number of nitriles is 1. The molecule has 1 fully saturated rings. The van der Waals surface area contributed by atoms with Crippen LogP contribution < -0.4 is 5.84 Å². The third kappa shape index (κ3) is 2.38. The lowest BCUT2D eigenvalue weighted by atomic mass is 10.0. The molecule has 2 rings (SSSR count). The average Bonchev–Trinajstić information content (AvgIpc) is 2.54.